The van der Waals surface area contributed by atoms with Gasteiger partial charge in [0.25, 0.3) is 0 Å². The minimum Gasteiger partial charge on any atom is -0.497 e. The lowest BCUT2D eigenvalue weighted by Gasteiger charge is -2.28. The van der Waals surface area contributed by atoms with Crippen LogP contribution in [-0.4, -0.2) is 36.4 Å². The van der Waals surface area contributed by atoms with Gasteiger partial charge < -0.3 is 15.0 Å². The number of methoxy groups -OCH3 is 1. The summed E-state index contributed by atoms with van der Waals surface area (Å²) in [6.07, 6.45) is 1.93. The molecular weight excluding hydrogens is 352 g/mol. The molecule has 0 aliphatic heterocycles. The van der Waals surface area contributed by atoms with Crippen molar-refractivity contribution in [3.63, 3.8) is 0 Å². The highest BCUT2D eigenvalue weighted by Crippen LogP contribution is 2.13. The molecule has 2 amide bonds. The Hall–Kier alpha value is -2.82. The first kappa shape index (κ1) is 21.5. The zero-order chi connectivity index (χ0) is 20.4. The van der Waals surface area contributed by atoms with Gasteiger partial charge in [0.2, 0.25) is 11.8 Å². The Balaban J connectivity index is 1.94. The van der Waals surface area contributed by atoms with Crippen LogP contribution >= 0.6 is 0 Å². The van der Waals surface area contributed by atoms with Crippen molar-refractivity contribution in [3.05, 3.63) is 65.7 Å². The van der Waals surface area contributed by atoms with Gasteiger partial charge in [0.05, 0.1) is 7.11 Å². The third kappa shape index (κ3) is 6.41. The van der Waals surface area contributed by atoms with Crippen molar-refractivity contribution >= 4 is 11.8 Å². The maximum atomic E-state index is 12.6. The van der Waals surface area contributed by atoms with E-state index in [1.807, 2.05) is 61.5 Å². The molecule has 2 rings (SSSR count). The normalized spacial score (nSPS) is 11.5. The van der Waals surface area contributed by atoms with E-state index >= 15 is 0 Å². The van der Waals surface area contributed by atoms with Gasteiger partial charge in [-0.1, -0.05) is 49.4 Å². The molecule has 0 saturated carbocycles. The summed E-state index contributed by atoms with van der Waals surface area (Å²) in [7, 11) is 1.64. The van der Waals surface area contributed by atoms with Crippen molar-refractivity contribution in [1.82, 2.24) is 10.2 Å². The summed E-state index contributed by atoms with van der Waals surface area (Å²) in [5.41, 5.74) is 2.14. The third-order valence-electron chi connectivity index (χ3n) is 4.70. The van der Waals surface area contributed by atoms with Crippen molar-refractivity contribution in [1.29, 1.82) is 0 Å². The number of rotatable bonds is 10. The molecule has 1 N–H and O–H groups in total. The van der Waals surface area contributed by atoms with Crippen LogP contribution in [0.15, 0.2) is 54.6 Å². The monoisotopic (exact) mass is 382 g/mol. The summed E-state index contributed by atoms with van der Waals surface area (Å²) >= 11 is 0. The minimum atomic E-state index is -0.518. The molecule has 0 bridgehead atoms. The molecule has 0 unspecified atom stereocenters. The van der Waals surface area contributed by atoms with Gasteiger partial charge in [-0.15, -0.1) is 0 Å². The highest BCUT2D eigenvalue weighted by atomic mass is 16.5. The maximum Gasteiger partial charge on any atom is 0.242 e. The molecular formula is C23H30N2O3. The van der Waals surface area contributed by atoms with Crippen molar-refractivity contribution in [2.75, 3.05) is 13.7 Å². The van der Waals surface area contributed by atoms with Crippen LogP contribution in [0.1, 0.15) is 37.8 Å². The smallest absolute Gasteiger partial charge is 0.242 e. The Morgan fingerprint density at radius 2 is 1.71 bits per heavy atom. The van der Waals surface area contributed by atoms with Crippen LogP contribution in [0.2, 0.25) is 0 Å². The summed E-state index contributed by atoms with van der Waals surface area (Å²) in [6.45, 7) is 4.72. The molecule has 1 atom stereocenters. The second kappa shape index (κ2) is 11.1. The molecule has 0 spiro atoms. The van der Waals surface area contributed by atoms with Gasteiger partial charge in [-0.2, -0.15) is 0 Å². The lowest BCUT2D eigenvalue weighted by Crippen LogP contribution is -2.47. The average molecular weight is 383 g/mol. The van der Waals surface area contributed by atoms with Crippen LogP contribution in [0.5, 0.6) is 5.75 Å². The van der Waals surface area contributed by atoms with Crippen molar-refractivity contribution in [3.8, 4) is 5.75 Å². The van der Waals surface area contributed by atoms with E-state index in [1.54, 1.807) is 18.9 Å². The van der Waals surface area contributed by atoms with Gasteiger partial charge >= 0.3 is 0 Å². The predicted molar refractivity (Wildman–Crippen MR) is 111 cm³/mol. The lowest BCUT2D eigenvalue weighted by atomic mass is 10.1. The summed E-state index contributed by atoms with van der Waals surface area (Å²) in [5.74, 6) is 0.686. The number of nitrogens with one attached hydrogen (secondary N) is 1. The van der Waals surface area contributed by atoms with Gasteiger partial charge in [0, 0.05) is 19.5 Å². The van der Waals surface area contributed by atoms with Gasteiger partial charge in [-0.3, -0.25) is 9.59 Å². The number of hydrogen-bond donors (Lipinski definition) is 1. The first-order valence-electron chi connectivity index (χ1n) is 9.79. The van der Waals surface area contributed by atoms with Crippen molar-refractivity contribution in [2.45, 2.75) is 45.7 Å². The van der Waals surface area contributed by atoms with Crippen LogP contribution in [0.4, 0.5) is 0 Å². The zero-order valence-electron chi connectivity index (χ0n) is 17.0. The second-order valence-corrected chi connectivity index (χ2v) is 6.82. The molecule has 0 radical (unpaired) electrons. The van der Waals surface area contributed by atoms with Gasteiger partial charge in [-0.05, 0) is 43.0 Å². The molecule has 0 aliphatic carbocycles. The Morgan fingerprint density at radius 1 is 1.04 bits per heavy atom. The summed E-state index contributed by atoms with van der Waals surface area (Å²) in [5, 5.41) is 2.96. The molecule has 0 aliphatic rings. The molecule has 5 nitrogen and oxygen atoms in total. The molecule has 2 aromatic rings. The van der Waals surface area contributed by atoms with Crippen molar-refractivity contribution < 1.29 is 14.3 Å². The summed E-state index contributed by atoms with van der Waals surface area (Å²) < 4.78 is 5.15. The highest BCUT2D eigenvalue weighted by molar-refractivity contribution is 5.87. The fourth-order valence-electron chi connectivity index (χ4n) is 2.99. The standard InChI is InChI=1S/C23H30N2O3/c1-4-8-22(26)25(17-20-9-6-5-7-10-20)18(2)23(27)24-16-15-19-11-13-21(28-3)14-12-19/h5-7,9-14,18H,4,8,15-17H2,1-3H3,(H,24,27)/t18-/m1/s1. The molecule has 0 saturated heterocycles. The number of benzene rings is 2. The predicted octanol–water partition coefficient (Wildman–Crippen LogP) is 3.57. The number of amides is 2. The van der Waals surface area contributed by atoms with E-state index in [4.69, 9.17) is 4.74 Å². The first-order valence-corrected chi connectivity index (χ1v) is 9.79. The quantitative estimate of drug-likeness (QED) is 0.683. The van der Waals surface area contributed by atoms with E-state index in [9.17, 15) is 9.59 Å². The topological polar surface area (TPSA) is 58.6 Å². The van der Waals surface area contributed by atoms with E-state index < -0.39 is 6.04 Å². The van der Waals surface area contributed by atoms with Crippen LogP contribution in [-0.2, 0) is 22.6 Å². The average Bonchev–Trinajstić information content (AvgIpc) is 2.72. The van der Waals surface area contributed by atoms with Crippen LogP contribution in [0, 0.1) is 0 Å². The van der Waals surface area contributed by atoms with E-state index in [0.717, 1.165) is 29.7 Å². The van der Waals surface area contributed by atoms with E-state index in [2.05, 4.69) is 5.32 Å². The zero-order valence-corrected chi connectivity index (χ0v) is 17.0. The van der Waals surface area contributed by atoms with Crippen LogP contribution < -0.4 is 10.1 Å². The van der Waals surface area contributed by atoms with Gasteiger partial charge in [0.1, 0.15) is 11.8 Å². The van der Waals surface area contributed by atoms with E-state index in [0.29, 0.717) is 19.5 Å². The molecule has 0 heterocycles. The largest absolute Gasteiger partial charge is 0.497 e. The highest BCUT2D eigenvalue weighted by Gasteiger charge is 2.25. The number of ether oxygens (including phenoxy) is 1. The maximum absolute atomic E-state index is 12.6. The van der Waals surface area contributed by atoms with E-state index in [1.165, 1.54) is 0 Å². The van der Waals surface area contributed by atoms with E-state index in [-0.39, 0.29) is 11.8 Å². The fraction of sp³-hybridized carbons (Fsp3) is 0.391. The molecule has 0 fully saturated rings. The molecule has 5 heteroatoms. The lowest BCUT2D eigenvalue weighted by molar-refractivity contribution is -0.140. The summed E-state index contributed by atoms with van der Waals surface area (Å²) in [4.78, 5) is 26.9. The number of carbonyl (C=O) groups excluding carboxylic acids is 2. The SMILES string of the molecule is CCCC(=O)N(Cc1ccccc1)[C@H](C)C(=O)NCCc1ccc(OC)cc1. The van der Waals surface area contributed by atoms with Crippen LogP contribution in [0.25, 0.3) is 0 Å². The van der Waals surface area contributed by atoms with Crippen LogP contribution in [0.3, 0.4) is 0 Å². The molecule has 0 aromatic heterocycles. The minimum absolute atomic E-state index is 0.00385. The number of carbonyl (C=O) groups is 2. The molecule has 2 aromatic carbocycles. The first-order chi connectivity index (χ1) is 13.5. The Bertz CT molecular complexity index is 744. The Labute approximate surface area is 167 Å². The van der Waals surface area contributed by atoms with Crippen molar-refractivity contribution in [2.24, 2.45) is 0 Å². The molecule has 150 valence electrons. The molecule has 28 heavy (non-hydrogen) atoms. The number of hydrogen-bond acceptors (Lipinski definition) is 3. The fourth-order valence-corrected chi connectivity index (χ4v) is 2.99. The van der Waals surface area contributed by atoms with Gasteiger partial charge in [-0.25, -0.2) is 0 Å². The Kier molecular flexibility index (Phi) is 8.53. The second-order valence-electron chi connectivity index (χ2n) is 6.82. The number of nitrogens with zero attached hydrogens (tertiary/aromatic N) is 1. The summed E-state index contributed by atoms with van der Waals surface area (Å²) in [6, 6.07) is 17.0. The third-order valence-corrected chi connectivity index (χ3v) is 4.70. The Morgan fingerprint density at radius 3 is 2.32 bits per heavy atom. The van der Waals surface area contributed by atoms with Gasteiger partial charge in [0.15, 0.2) is 0 Å².